The van der Waals surface area contributed by atoms with E-state index in [9.17, 15) is 9.90 Å². The number of aliphatic hydroxyl groups excluding tert-OH is 1. The molecule has 1 saturated carbocycles. The molecule has 1 aromatic heterocycles. The Bertz CT molecular complexity index is 725. The van der Waals surface area contributed by atoms with Gasteiger partial charge in [0.2, 0.25) is 0 Å². The molecule has 3 unspecified atom stereocenters. The number of nitrogens with zero attached hydrogens (tertiary/aromatic N) is 1. The van der Waals surface area contributed by atoms with Crippen molar-refractivity contribution in [2.75, 3.05) is 6.61 Å². The first-order valence-corrected chi connectivity index (χ1v) is 9.90. The summed E-state index contributed by atoms with van der Waals surface area (Å²) in [5.41, 5.74) is 2.38. The van der Waals surface area contributed by atoms with Crippen molar-refractivity contribution < 1.29 is 23.9 Å². The monoisotopic (exact) mass is 389 g/mol. The number of carbonyl (C=O) groups is 1. The van der Waals surface area contributed by atoms with E-state index < -0.39 is 0 Å². The highest BCUT2D eigenvalue weighted by molar-refractivity contribution is 5.62. The molecule has 0 aliphatic heterocycles. The van der Waals surface area contributed by atoms with E-state index in [0.29, 0.717) is 30.9 Å². The second-order valence-electron chi connectivity index (χ2n) is 7.23. The minimum atomic E-state index is -0.0691. The summed E-state index contributed by atoms with van der Waals surface area (Å²) in [5, 5.41) is 13.4. The highest BCUT2D eigenvalue weighted by atomic mass is 16.5. The topological polar surface area (TPSA) is 81.8 Å². The molecule has 1 aliphatic rings. The predicted octanol–water partition coefficient (Wildman–Crippen LogP) is 4.53. The normalized spacial score (nSPS) is 21.4. The van der Waals surface area contributed by atoms with Crippen LogP contribution in [0.1, 0.15) is 51.3 Å². The van der Waals surface area contributed by atoms with E-state index in [1.165, 1.54) is 12.8 Å². The van der Waals surface area contributed by atoms with Crippen LogP contribution in [-0.4, -0.2) is 29.4 Å². The lowest BCUT2D eigenvalue weighted by molar-refractivity contribution is -0.128. The maximum atomic E-state index is 9.45. The third kappa shape index (κ3) is 5.58. The molecule has 6 nitrogen and oxygen atoms in total. The van der Waals surface area contributed by atoms with E-state index in [0.717, 1.165) is 34.9 Å². The van der Waals surface area contributed by atoms with Gasteiger partial charge in [-0.1, -0.05) is 25.4 Å². The third-order valence-electron chi connectivity index (χ3n) is 5.41. The molecule has 1 fully saturated rings. The lowest BCUT2D eigenvalue weighted by Crippen LogP contribution is -2.33. The summed E-state index contributed by atoms with van der Waals surface area (Å²) in [6.45, 7) is 9.03. The maximum Gasteiger partial charge on any atom is 0.293 e. The van der Waals surface area contributed by atoms with Gasteiger partial charge in [-0.05, 0) is 62.8 Å². The van der Waals surface area contributed by atoms with E-state index >= 15 is 0 Å². The van der Waals surface area contributed by atoms with Gasteiger partial charge in [-0.2, -0.15) is 0 Å². The van der Waals surface area contributed by atoms with Gasteiger partial charge < -0.3 is 19.1 Å². The molecule has 2 aromatic rings. The van der Waals surface area contributed by atoms with Gasteiger partial charge in [-0.15, -0.1) is 0 Å². The third-order valence-corrected chi connectivity index (χ3v) is 5.41. The van der Waals surface area contributed by atoms with Gasteiger partial charge in [-0.3, -0.25) is 4.79 Å². The zero-order valence-electron chi connectivity index (χ0n) is 17.2. The molecule has 0 spiro atoms. The molecule has 1 aliphatic carbocycles. The van der Waals surface area contributed by atoms with Crippen molar-refractivity contribution in [1.82, 2.24) is 5.16 Å². The SMILES string of the molecule is CCOC=O.Cc1noc(-c2ccc(OC3CCCC(C)C3C)cc2)c1CO. The first-order chi connectivity index (χ1) is 13.5. The molecule has 1 N–H and O–H groups in total. The first kappa shape index (κ1) is 22.0. The zero-order valence-corrected chi connectivity index (χ0v) is 17.2. The lowest BCUT2D eigenvalue weighted by Gasteiger charge is -2.34. The number of hydrogen-bond acceptors (Lipinski definition) is 6. The van der Waals surface area contributed by atoms with Crippen LogP contribution in [0, 0.1) is 18.8 Å². The Morgan fingerprint density at radius 1 is 1.25 bits per heavy atom. The zero-order chi connectivity index (χ0) is 20.5. The van der Waals surface area contributed by atoms with E-state index in [1.807, 2.05) is 31.2 Å². The van der Waals surface area contributed by atoms with Crippen molar-refractivity contribution in [1.29, 1.82) is 0 Å². The number of hydrogen-bond donors (Lipinski definition) is 1. The summed E-state index contributed by atoms with van der Waals surface area (Å²) in [5.74, 6) is 2.83. The summed E-state index contributed by atoms with van der Waals surface area (Å²) in [7, 11) is 0. The van der Waals surface area contributed by atoms with Crippen LogP contribution in [0.25, 0.3) is 11.3 Å². The first-order valence-electron chi connectivity index (χ1n) is 9.90. The van der Waals surface area contributed by atoms with Gasteiger partial charge in [0.25, 0.3) is 6.47 Å². The minimum absolute atomic E-state index is 0.0691. The molecule has 0 saturated heterocycles. The van der Waals surface area contributed by atoms with Crippen LogP contribution < -0.4 is 4.74 Å². The van der Waals surface area contributed by atoms with Crippen LogP contribution in [0.2, 0.25) is 0 Å². The summed E-state index contributed by atoms with van der Waals surface area (Å²) in [6.07, 6.45) is 3.97. The molecule has 0 bridgehead atoms. The van der Waals surface area contributed by atoms with Crippen molar-refractivity contribution in [3.8, 4) is 17.1 Å². The molecule has 3 atom stereocenters. The fourth-order valence-electron chi connectivity index (χ4n) is 3.43. The Labute approximate surface area is 166 Å². The Hall–Kier alpha value is -2.34. The average Bonchev–Trinajstić information content (AvgIpc) is 3.08. The van der Waals surface area contributed by atoms with Gasteiger partial charge in [0, 0.05) is 11.1 Å². The summed E-state index contributed by atoms with van der Waals surface area (Å²) in [6, 6.07) is 7.87. The summed E-state index contributed by atoms with van der Waals surface area (Å²) < 4.78 is 15.7. The summed E-state index contributed by atoms with van der Waals surface area (Å²) >= 11 is 0. The number of rotatable bonds is 6. The van der Waals surface area contributed by atoms with Crippen LogP contribution in [0.3, 0.4) is 0 Å². The smallest absolute Gasteiger partial charge is 0.293 e. The molecule has 154 valence electrons. The van der Waals surface area contributed by atoms with Gasteiger partial charge in [0.05, 0.1) is 18.9 Å². The van der Waals surface area contributed by atoms with E-state index in [-0.39, 0.29) is 6.61 Å². The van der Waals surface area contributed by atoms with E-state index in [4.69, 9.17) is 9.26 Å². The van der Waals surface area contributed by atoms with Gasteiger partial charge in [0.1, 0.15) is 11.9 Å². The van der Waals surface area contributed by atoms with Crippen LogP contribution in [0.5, 0.6) is 5.75 Å². The minimum Gasteiger partial charge on any atom is -0.490 e. The fourth-order valence-corrected chi connectivity index (χ4v) is 3.43. The molecule has 28 heavy (non-hydrogen) atoms. The second-order valence-corrected chi connectivity index (χ2v) is 7.23. The number of aryl methyl sites for hydroxylation is 1. The van der Waals surface area contributed by atoms with Crippen molar-refractivity contribution in [3.63, 3.8) is 0 Å². The van der Waals surface area contributed by atoms with Crippen LogP contribution in [0.4, 0.5) is 0 Å². The van der Waals surface area contributed by atoms with Crippen LogP contribution >= 0.6 is 0 Å². The van der Waals surface area contributed by atoms with Crippen molar-refractivity contribution in [2.24, 2.45) is 11.8 Å². The molecule has 6 heteroatoms. The molecule has 1 heterocycles. The van der Waals surface area contributed by atoms with E-state index in [1.54, 1.807) is 6.92 Å². The Morgan fingerprint density at radius 3 is 2.54 bits per heavy atom. The molecule has 1 aromatic carbocycles. The number of aromatic nitrogens is 1. The van der Waals surface area contributed by atoms with Crippen molar-refractivity contribution in [2.45, 2.75) is 59.7 Å². The van der Waals surface area contributed by atoms with Crippen molar-refractivity contribution in [3.05, 3.63) is 35.5 Å². The van der Waals surface area contributed by atoms with Gasteiger partial charge in [0.15, 0.2) is 5.76 Å². The Kier molecular flexibility index (Phi) is 8.51. The van der Waals surface area contributed by atoms with Gasteiger partial charge in [-0.25, -0.2) is 0 Å². The number of benzene rings is 1. The predicted molar refractivity (Wildman–Crippen MR) is 107 cm³/mol. The van der Waals surface area contributed by atoms with E-state index in [2.05, 4.69) is 23.7 Å². The highest BCUT2D eigenvalue weighted by Crippen LogP contribution is 2.33. The maximum absolute atomic E-state index is 9.45. The number of carbonyl (C=O) groups excluding carboxylic acids is 1. The molecule has 0 amide bonds. The second kappa shape index (κ2) is 10.9. The molecule has 3 rings (SSSR count). The average molecular weight is 389 g/mol. The standard InChI is InChI=1S/C19H25NO3.C3H6O2/c1-12-5-4-6-18(13(12)2)22-16-9-7-15(8-10-16)19-17(11-21)14(3)20-23-19;1-2-5-3-4/h7-10,12-13,18,21H,4-6,11H2,1-3H3;3H,2H2,1H3. The molecular weight excluding hydrogens is 358 g/mol. The largest absolute Gasteiger partial charge is 0.490 e. The summed E-state index contributed by atoms with van der Waals surface area (Å²) in [4.78, 5) is 9.18. The quantitative estimate of drug-likeness (QED) is 0.731. The lowest BCUT2D eigenvalue weighted by atomic mass is 9.79. The molecular formula is C22H31NO5. The highest BCUT2D eigenvalue weighted by Gasteiger charge is 2.28. The number of ether oxygens (including phenoxy) is 2. The van der Waals surface area contributed by atoms with Gasteiger partial charge >= 0.3 is 0 Å². The van der Waals surface area contributed by atoms with Crippen LogP contribution in [0.15, 0.2) is 28.8 Å². The fraction of sp³-hybridized carbons (Fsp3) is 0.545. The van der Waals surface area contributed by atoms with Crippen LogP contribution in [-0.2, 0) is 16.1 Å². The number of aliphatic hydroxyl groups is 1. The van der Waals surface area contributed by atoms with Crippen molar-refractivity contribution >= 4 is 6.47 Å². The Balaban J connectivity index is 0.000000500. The Morgan fingerprint density at radius 2 is 1.96 bits per heavy atom. The molecule has 0 radical (unpaired) electrons.